The van der Waals surface area contributed by atoms with E-state index in [2.05, 4.69) is 56.3 Å². The van der Waals surface area contributed by atoms with Crippen LogP contribution in [0.4, 0.5) is 0 Å². The maximum Gasteiger partial charge on any atom is 0.0232 e. The Kier molecular flexibility index (Phi) is 5.06. The predicted molar refractivity (Wildman–Crippen MR) is 84.7 cm³/mol. The average molecular weight is 271 g/mol. The van der Waals surface area contributed by atoms with Crippen molar-refractivity contribution in [3.63, 3.8) is 0 Å². The Bertz CT molecular complexity index is 528. The van der Waals surface area contributed by atoms with Crippen molar-refractivity contribution >= 4 is 11.8 Å². The van der Waals surface area contributed by atoms with Crippen LogP contribution in [-0.2, 0) is 12.2 Å². The molecule has 0 aliphatic carbocycles. The van der Waals surface area contributed by atoms with Gasteiger partial charge in [-0.05, 0) is 44.0 Å². The predicted octanol–water partition coefficient (Wildman–Crippen LogP) is 4.10. The highest BCUT2D eigenvalue weighted by Crippen LogP contribution is 2.27. The molecule has 2 rings (SSSR count). The summed E-state index contributed by atoms with van der Waals surface area (Å²) in [7, 11) is 0. The molecule has 0 amide bonds. The first-order chi connectivity index (χ1) is 9.19. The number of hydrogen-bond donors (Lipinski definition) is 1. The third kappa shape index (κ3) is 4.12. The fourth-order valence-electron chi connectivity index (χ4n) is 2.32. The quantitative estimate of drug-likeness (QED) is 0.829. The van der Waals surface area contributed by atoms with E-state index in [9.17, 15) is 0 Å². The lowest BCUT2D eigenvalue weighted by atomic mass is 10.1. The first-order valence-corrected chi connectivity index (χ1v) is 7.65. The van der Waals surface area contributed by atoms with Crippen LogP contribution in [0, 0.1) is 13.8 Å². The van der Waals surface area contributed by atoms with Gasteiger partial charge in [0.05, 0.1) is 0 Å². The molecule has 2 heteroatoms. The molecule has 0 heterocycles. The summed E-state index contributed by atoms with van der Waals surface area (Å²) < 4.78 is 0. The van der Waals surface area contributed by atoms with Crippen LogP contribution in [0.5, 0.6) is 0 Å². The zero-order valence-electron chi connectivity index (χ0n) is 11.6. The van der Waals surface area contributed by atoms with E-state index in [0.717, 1.165) is 12.2 Å². The Hall–Kier alpha value is -1.25. The summed E-state index contributed by atoms with van der Waals surface area (Å²) in [5.41, 5.74) is 11.1. The minimum Gasteiger partial charge on any atom is -0.330 e. The molecule has 2 aromatic carbocycles. The number of aryl methyl sites for hydroxylation is 2. The van der Waals surface area contributed by atoms with Crippen molar-refractivity contribution < 1.29 is 0 Å². The third-order valence-electron chi connectivity index (χ3n) is 3.06. The molecule has 19 heavy (non-hydrogen) atoms. The van der Waals surface area contributed by atoms with Gasteiger partial charge in [0, 0.05) is 10.6 Å². The molecule has 0 aliphatic heterocycles. The molecule has 0 aromatic heterocycles. The fraction of sp³-hybridized carbons (Fsp3) is 0.294. The van der Waals surface area contributed by atoms with Gasteiger partial charge in [-0.1, -0.05) is 47.5 Å². The monoisotopic (exact) mass is 271 g/mol. The van der Waals surface area contributed by atoms with Crippen LogP contribution in [0.1, 0.15) is 22.3 Å². The van der Waals surface area contributed by atoms with Crippen molar-refractivity contribution in [3.05, 3.63) is 64.7 Å². The normalized spacial score (nSPS) is 10.7. The van der Waals surface area contributed by atoms with E-state index in [1.54, 1.807) is 0 Å². The Morgan fingerprint density at radius 2 is 1.68 bits per heavy atom. The SMILES string of the molecule is Cc1cc(C)cc(CSc2ccccc2CCN)c1. The van der Waals surface area contributed by atoms with E-state index < -0.39 is 0 Å². The van der Waals surface area contributed by atoms with Crippen molar-refractivity contribution in [1.29, 1.82) is 0 Å². The summed E-state index contributed by atoms with van der Waals surface area (Å²) in [6, 6.07) is 15.3. The van der Waals surface area contributed by atoms with E-state index in [1.807, 2.05) is 11.8 Å². The second-order valence-corrected chi connectivity index (χ2v) is 5.95. The molecule has 0 unspecified atom stereocenters. The summed E-state index contributed by atoms with van der Waals surface area (Å²) >= 11 is 1.90. The zero-order chi connectivity index (χ0) is 13.7. The minimum atomic E-state index is 0.709. The van der Waals surface area contributed by atoms with Crippen LogP contribution < -0.4 is 5.73 Å². The van der Waals surface area contributed by atoms with Gasteiger partial charge in [0.15, 0.2) is 0 Å². The summed E-state index contributed by atoms with van der Waals surface area (Å²) in [5.74, 6) is 1.02. The Morgan fingerprint density at radius 3 is 2.37 bits per heavy atom. The van der Waals surface area contributed by atoms with E-state index >= 15 is 0 Å². The fourth-order valence-corrected chi connectivity index (χ4v) is 3.34. The maximum atomic E-state index is 5.67. The second kappa shape index (κ2) is 6.78. The van der Waals surface area contributed by atoms with Crippen LogP contribution in [0.25, 0.3) is 0 Å². The summed E-state index contributed by atoms with van der Waals surface area (Å²) in [5, 5.41) is 0. The molecule has 1 nitrogen and oxygen atoms in total. The van der Waals surface area contributed by atoms with Gasteiger partial charge in [0.2, 0.25) is 0 Å². The molecule has 2 N–H and O–H groups in total. The van der Waals surface area contributed by atoms with Crippen LogP contribution in [0.2, 0.25) is 0 Å². The van der Waals surface area contributed by atoms with Gasteiger partial charge in [-0.15, -0.1) is 11.8 Å². The lowest BCUT2D eigenvalue weighted by Gasteiger charge is -2.09. The first-order valence-electron chi connectivity index (χ1n) is 6.67. The van der Waals surface area contributed by atoms with Crippen molar-refractivity contribution in [2.75, 3.05) is 6.54 Å². The Labute approximate surface area is 120 Å². The molecule has 0 atom stereocenters. The van der Waals surface area contributed by atoms with Crippen molar-refractivity contribution in [2.24, 2.45) is 5.73 Å². The molecule has 0 fully saturated rings. The number of rotatable bonds is 5. The molecule has 0 bridgehead atoms. The smallest absolute Gasteiger partial charge is 0.0232 e. The molecule has 2 aromatic rings. The van der Waals surface area contributed by atoms with E-state index in [4.69, 9.17) is 5.73 Å². The lowest BCUT2D eigenvalue weighted by Crippen LogP contribution is -2.03. The Morgan fingerprint density at radius 1 is 1.00 bits per heavy atom. The average Bonchev–Trinajstić information content (AvgIpc) is 2.37. The molecule has 0 saturated heterocycles. The van der Waals surface area contributed by atoms with Gasteiger partial charge in [0.1, 0.15) is 0 Å². The van der Waals surface area contributed by atoms with Crippen LogP contribution in [0.3, 0.4) is 0 Å². The van der Waals surface area contributed by atoms with Crippen molar-refractivity contribution in [1.82, 2.24) is 0 Å². The van der Waals surface area contributed by atoms with Crippen molar-refractivity contribution in [2.45, 2.75) is 30.9 Å². The van der Waals surface area contributed by atoms with E-state index in [-0.39, 0.29) is 0 Å². The van der Waals surface area contributed by atoms with E-state index in [0.29, 0.717) is 6.54 Å². The second-order valence-electron chi connectivity index (χ2n) is 4.93. The molecule has 0 saturated carbocycles. The van der Waals surface area contributed by atoms with Gasteiger partial charge in [-0.2, -0.15) is 0 Å². The van der Waals surface area contributed by atoms with Crippen LogP contribution in [0.15, 0.2) is 47.4 Å². The molecule has 0 spiro atoms. The van der Waals surface area contributed by atoms with Crippen LogP contribution in [-0.4, -0.2) is 6.54 Å². The van der Waals surface area contributed by atoms with Gasteiger partial charge in [-0.25, -0.2) is 0 Å². The number of thioether (sulfide) groups is 1. The van der Waals surface area contributed by atoms with Gasteiger partial charge < -0.3 is 5.73 Å². The first kappa shape index (κ1) is 14.2. The molecule has 100 valence electrons. The van der Waals surface area contributed by atoms with E-state index in [1.165, 1.54) is 27.1 Å². The van der Waals surface area contributed by atoms with Gasteiger partial charge >= 0.3 is 0 Å². The van der Waals surface area contributed by atoms with Gasteiger partial charge in [-0.3, -0.25) is 0 Å². The molecule has 0 aliphatic rings. The number of benzene rings is 2. The molecular formula is C17H21NS. The van der Waals surface area contributed by atoms with Gasteiger partial charge in [0.25, 0.3) is 0 Å². The minimum absolute atomic E-state index is 0.709. The van der Waals surface area contributed by atoms with Crippen LogP contribution >= 0.6 is 11.8 Å². The topological polar surface area (TPSA) is 26.0 Å². The lowest BCUT2D eigenvalue weighted by molar-refractivity contribution is 0.944. The third-order valence-corrected chi connectivity index (χ3v) is 4.25. The highest BCUT2D eigenvalue weighted by Gasteiger charge is 2.03. The largest absolute Gasteiger partial charge is 0.330 e. The summed E-state index contributed by atoms with van der Waals surface area (Å²) in [6.07, 6.45) is 0.954. The highest BCUT2D eigenvalue weighted by atomic mass is 32.2. The zero-order valence-corrected chi connectivity index (χ0v) is 12.5. The summed E-state index contributed by atoms with van der Waals surface area (Å²) in [6.45, 7) is 5.02. The molecule has 0 radical (unpaired) electrons. The maximum absolute atomic E-state index is 5.67. The van der Waals surface area contributed by atoms with Crippen molar-refractivity contribution in [3.8, 4) is 0 Å². The highest BCUT2D eigenvalue weighted by molar-refractivity contribution is 7.98. The molecular weight excluding hydrogens is 250 g/mol. The number of hydrogen-bond acceptors (Lipinski definition) is 2. The number of nitrogens with two attached hydrogens (primary N) is 1. The Balaban J connectivity index is 2.09. The summed E-state index contributed by atoms with van der Waals surface area (Å²) in [4.78, 5) is 1.35. The standard InChI is InChI=1S/C17H21NS/c1-13-9-14(2)11-15(10-13)12-19-17-6-4-3-5-16(17)7-8-18/h3-6,9-11H,7-8,12,18H2,1-2H3.